The number of likely N-dealkylation sites (N-methyl/N-ethyl adjacent to an activating group) is 1. The first-order chi connectivity index (χ1) is 16.7. The Bertz CT molecular complexity index is 1250. The van der Waals surface area contributed by atoms with E-state index < -0.39 is 0 Å². The van der Waals surface area contributed by atoms with Gasteiger partial charge in [0.2, 0.25) is 5.95 Å². The molecular formula is C26H35ClN8O. The Hall–Kier alpha value is -3.01. The fourth-order valence-corrected chi connectivity index (χ4v) is 5.17. The van der Waals surface area contributed by atoms with Gasteiger partial charge in [-0.05, 0) is 42.1 Å². The summed E-state index contributed by atoms with van der Waals surface area (Å²) in [6, 6.07) is 8.49. The van der Waals surface area contributed by atoms with Crippen LogP contribution in [0.25, 0.3) is 11.4 Å². The predicted octanol–water partition coefficient (Wildman–Crippen LogP) is 2.98. The van der Waals surface area contributed by atoms with Crippen molar-refractivity contribution >= 4 is 29.9 Å². The Morgan fingerprint density at radius 2 is 1.78 bits per heavy atom. The summed E-state index contributed by atoms with van der Waals surface area (Å²) in [5.74, 6) is 0.353. The number of benzene rings is 1. The van der Waals surface area contributed by atoms with Gasteiger partial charge in [0.1, 0.15) is 0 Å². The Balaban J connectivity index is 0.00000304. The van der Waals surface area contributed by atoms with Gasteiger partial charge in [0.15, 0.2) is 5.69 Å². The molecule has 1 aromatic carbocycles. The van der Waals surface area contributed by atoms with Crippen LogP contribution in [0.3, 0.4) is 0 Å². The van der Waals surface area contributed by atoms with Crippen molar-refractivity contribution in [2.24, 2.45) is 7.05 Å². The van der Waals surface area contributed by atoms with E-state index in [4.69, 9.17) is 4.98 Å². The maximum atomic E-state index is 12.5. The third-order valence-electron chi connectivity index (χ3n) is 7.10. The Labute approximate surface area is 218 Å². The minimum Gasteiger partial charge on any atom is -0.354 e. The summed E-state index contributed by atoms with van der Waals surface area (Å²) in [5, 5.41) is 10.6. The number of hydrogen-bond donors (Lipinski definition) is 2. The molecule has 0 unspecified atom stereocenters. The molecule has 1 saturated heterocycles. The van der Waals surface area contributed by atoms with Crippen molar-refractivity contribution in [3.05, 3.63) is 52.8 Å². The van der Waals surface area contributed by atoms with Crippen LogP contribution in [-0.4, -0.2) is 75.7 Å². The molecule has 0 atom stereocenters. The number of aryl methyl sites for hydroxylation is 1. The Morgan fingerprint density at radius 1 is 1.08 bits per heavy atom. The fraction of sp³-hybridized carbons (Fsp3) is 0.462. The van der Waals surface area contributed by atoms with Gasteiger partial charge in [-0.15, -0.1) is 12.4 Å². The van der Waals surface area contributed by atoms with Crippen LogP contribution in [-0.2, 0) is 25.4 Å². The molecule has 2 aliphatic rings. The van der Waals surface area contributed by atoms with Crippen LogP contribution in [0, 0.1) is 0 Å². The number of fused-ring (bicyclic) bond motifs is 3. The van der Waals surface area contributed by atoms with Crippen LogP contribution in [0.2, 0.25) is 0 Å². The molecule has 36 heavy (non-hydrogen) atoms. The maximum Gasteiger partial charge on any atom is 0.271 e. The van der Waals surface area contributed by atoms with E-state index in [-0.39, 0.29) is 23.7 Å². The van der Waals surface area contributed by atoms with Crippen molar-refractivity contribution in [2.75, 3.05) is 45.6 Å². The zero-order valence-corrected chi connectivity index (χ0v) is 22.4. The third kappa shape index (κ3) is 4.96. The summed E-state index contributed by atoms with van der Waals surface area (Å²) in [6.45, 7) is 9.69. The van der Waals surface area contributed by atoms with Crippen LogP contribution in [0.15, 0.2) is 30.5 Å². The van der Waals surface area contributed by atoms with Gasteiger partial charge in [-0.25, -0.2) is 9.97 Å². The topological polar surface area (TPSA) is 91.2 Å². The van der Waals surface area contributed by atoms with Crippen LogP contribution < -0.4 is 10.6 Å². The van der Waals surface area contributed by atoms with E-state index in [1.54, 1.807) is 11.7 Å². The normalized spacial score (nSPS) is 17.0. The van der Waals surface area contributed by atoms with E-state index in [0.717, 1.165) is 67.3 Å². The highest BCUT2D eigenvalue weighted by atomic mass is 35.5. The Kier molecular flexibility index (Phi) is 7.36. The Morgan fingerprint density at radius 3 is 2.44 bits per heavy atom. The van der Waals surface area contributed by atoms with Gasteiger partial charge < -0.3 is 15.5 Å². The van der Waals surface area contributed by atoms with E-state index in [2.05, 4.69) is 75.7 Å². The molecule has 5 rings (SSSR count). The number of nitrogens with zero attached hydrogens (tertiary/aromatic N) is 6. The fourth-order valence-electron chi connectivity index (χ4n) is 5.17. The molecular weight excluding hydrogens is 476 g/mol. The SMILES string of the molecule is CNC(=O)c1nn(C)c2c1C(C)(C)Cc1cnc(Nc3ccc(CN4CCN(C)CC4)cc3)nc1-2.Cl. The number of aromatic nitrogens is 4. The lowest BCUT2D eigenvalue weighted by molar-refractivity contribution is 0.0955. The van der Waals surface area contributed by atoms with E-state index in [0.29, 0.717) is 11.6 Å². The number of carbonyl (C=O) groups is 1. The number of amides is 1. The first-order valence-corrected chi connectivity index (χ1v) is 12.2. The molecule has 2 N–H and O–H groups in total. The highest BCUT2D eigenvalue weighted by Gasteiger charge is 2.39. The monoisotopic (exact) mass is 510 g/mol. The van der Waals surface area contributed by atoms with E-state index >= 15 is 0 Å². The van der Waals surface area contributed by atoms with Crippen molar-refractivity contribution < 1.29 is 4.79 Å². The maximum absolute atomic E-state index is 12.5. The molecule has 9 nitrogen and oxygen atoms in total. The van der Waals surface area contributed by atoms with Gasteiger partial charge in [0.25, 0.3) is 5.91 Å². The summed E-state index contributed by atoms with van der Waals surface area (Å²) in [7, 11) is 5.68. The average molecular weight is 511 g/mol. The van der Waals surface area contributed by atoms with E-state index in [9.17, 15) is 4.79 Å². The highest BCUT2D eigenvalue weighted by molar-refractivity contribution is 5.96. The molecule has 2 aromatic heterocycles. The molecule has 0 spiro atoms. The number of piperazine rings is 1. The number of anilines is 2. The molecule has 10 heteroatoms. The molecule has 1 amide bonds. The van der Waals surface area contributed by atoms with Gasteiger partial charge in [-0.1, -0.05) is 26.0 Å². The summed E-state index contributed by atoms with van der Waals surface area (Å²) < 4.78 is 1.77. The van der Waals surface area contributed by atoms with Gasteiger partial charge in [-0.3, -0.25) is 14.4 Å². The minimum absolute atomic E-state index is 0. The second-order valence-electron chi connectivity index (χ2n) is 10.3. The number of hydrogen-bond acceptors (Lipinski definition) is 7. The second kappa shape index (κ2) is 10.2. The smallest absolute Gasteiger partial charge is 0.271 e. The van der Waals surface area contributed by atoms with Crippen molar-refractivity contribution in [2.45, 2.75) is 32.2 Å². The van der Waals surface area contributed by atoms with Gasteiger partial charge in [-0.2, -0.15) is 5.10 Å². The molecule has 192 valence electrons. The molecule has 0 bridgehead atoms. The van der Waals surface area contributed by atoms with E-state index in [1.807, 2.05) is 13.2 Å². The zero-order valence-electron chi connectivity index (χ0n) is 21.6. The zero-order chi connectivity index (χ0) is 24.7. The van der Waals surface area contributed by atoms with Crippen molar-refractivity contribution in [3.8, 4) is 11.4 Å². The first kappa shape index (κ1) is 26.1. The van der Waals surface area contributed by atoms with Crippen LogP contribution in [0.5, 0.6) is 0 Å². The molecule has 1 aliphatic heterocycles. The lowest BCUT2D eigenvalue weighted by atomic mass is 9.73. The second-order valence-corrected chi connectivity index (χ2v) is 10.3. The van der Waals surface area contributed by atoms with Crippen LogP contribution in [0.4, 0.5) is 11.6 Å². The molecule has 0 saturated carbocycles. The van der Waals surface area contributed by atoms with Crippen LogP contribution >= 0.6 is 12.4 Å². The summed E-state index contributed by atoms with van der Waals surface area (Å²) in [6.07, 6.45) is 2.63. The number of halogens is 1. The lowest BCUT2D eigenvalue weighted by Gasteiger charge is -2.32. The van der Waals surface area contributed by atoms with Crippen molar-refractivity contribution in [1.29, 1.82) is 0 Å². The summed E-state index contributed by atoms with van der Waals surface area (Å²) >= 11 is 0. The van der Waals surface area contributed by atoms with Gasteiger partial charge in [0.05, 0.1) is 11.4 Å². The number of carbonyl (C=O) groups excluding carboxylic acids is 1. The predicted molar refractivity (Wildman–Crippen MR) is 144 cm³/mol. The third-order valence-corrected chi connectivity index (χ3v) is 7.10. The molecule has 1 aliphatic carbocycles. The lowest BCUT2D eigenvalue weighted by Crippen LogP contribution is -2.43. The standard InChI is InChI=1S/C26H34N8O.ClH/c1-26(2)14-18-15-28-25(30-21(18)23-20(26)22(24(35)27-3)31-33(23)5)29-19-8-6-17(7-9-19)16-34-12-10-32(4)11-13-34;/h6-9,15H,10-14,16H2,1-5H3,(H,27,35)(H,28,29,30);1H. The average Bonchev–Trinajstić information content (AvgIpc) is 3.20. The van der Waals surface area contributed by atoms with Crippen LogP contribution in [0.1, 0.15) is 41.0 Å². The van der Waals surface area contributed by atoms with Gasteiger partial charge in [0, 0.05) is 64.3 Å². The molecule has 3 heterocycles. The number of nitrogens with one attached hydrogen (secondary N) is 2. The quantitative estimate of drug-likeness (QED) is 0.545. The van der Waals surface area contributed by atoms with Crippen molar-refractivity contribution in [3.63, 3.8) is 0 Å². The highest BCUT2D eigenvalue weighted by Crippen LogP contribution is 2.43. The molecule has 3 aromatic rings. The van der Waals surface area contributed by atoms with Crippen molar-refractivity contribution in [1.82, 2.24) is 34.9 Å². The van der Waals surface area contributed by atoms with E-state index in [1.165, 1.54) is 5.56 Å². The molecule has 1 fully saturated rings. The summed E-state index contributed by atoms with van der Waals surface area (Å²) in [4.78, 5) is 26.9. The largest absolute Gasteiger partial charge is 0.354 e. The minimum atomic E-state index is -0.254. The number of rotatable bonds is 5. The first-order valence-electron chi connectivity index (χ1n) is 12.2. The molecule has 0 radical (unpaired) electrons. The summed E-state index contributed by atoms with van der Waals surface area (Å²) in [5.41, 5.74) is 6.15. The van der Waals surface area contributed by atoms with Gasteiger partial charge >= 0.3 is 0 Å².